The fraction of sp³-hybridized carbons (Fsp3) is 0.412. The Morgan fingerprint density at radius 3 is 2.59 bits per heavy atom. The monoisotopic (exact) mass is 321 g/mol. The predicted molar refractivity (Wildman–Crippen MR) is 93.4 cm³/mol. The summed E-state index contributed by atoms with van der Waals surface area (Å²) in [5.74, 6) is 0. The van der Waals surface area contributed by atoms with Gasteiger partial charge in [-0.25, -0.2) is 0 Å². The van der Waals surface area contributed by atoms with Crippen molar-refractivity contribution in [2.75, 3.05) is 31.2 Å². The molecule has 0 amide bonds. The molecule has 0 spiro atoms. The van der Waals surface area contributed by atoms with Crippen LogP contribution >= 0.6 is 12.4 Å². The van der Waals surface area contributed by atoms with Crippen molar-refractivity contribution in [1.29, 1.82) is 0 Å². The topological polar surface area (TPSA) is 64.5 Å². The number of ether oxygens (including phenoxy) is 1. The summed E-state index contributed by atoms with van der Waals surface area (Å²) in [6, 6.07) is 8.53. The Bertz CT molecular complexity index is 567. The number of halogens is 1. The van der Waals surface area contributed by atoms with Gasteiger partial charge in [0.25, 0.3) is 0 Å². The van der Waals surface area contributed by atoms with E-state index in [0.29, 0.717) is 0 Å². The number of hydrogen-bond donors (Lipinski definition) is 2. The van der Waals surface area contributed by atoms with E-state index in [4.69, 9.17) is 16.2 Å². The molecule has 0 saturated carbocycles. The number of morpholine rings is 1. The molecule has 4 nitrogen and oxygen atoms in total. The van der Waals surface area contributed by atoms with Crippen LogP contribution in [0.25, 0.3) is 0 Å². The molecule has 1 aliphatic carbocycles. The average Bonchev–Trinajstić information content (AvgIpc) is 2.52. The SMILES string of the molecule is Cl.NC1=CCC(N)(Cc2ccccc2N2CCOCC2)C=C1. The number of allylic oxidation sites excluding steroid dienone is 1. The summed E-state index contributed by atoms with van der Waals surface area (Å²) in [6.45, 7) is 3.47. The van der Waals surface area contributed by atoms with Gasteiger partial charge in [0.1, 0.15) is 0 Å². The summed E-state index contributed by atoms with van der Waals surface area (Å²) >= 11 is 0. The first-order valence-corrected chi connectivity index (χ1v) is 7.51. The highest BCUT2D eigenvalue weighted by atomic mass is 35.5. The number of rotatable bonds is 3. The van der Waals surface area contributed by atoms with Gasteiger partial charge < -0.3 is 21.1 Å². The smallest absolute Gasteiger partial charge is 0.0642 e. The van der Waals surface area contributed by atoms with Crippen molar-refractivity contribution in [3.05, 3.63) is 53.8 Å². The molecule has 3 rings (SSSR count). The zero-order valence-corrected chi connectivity index (χ0v) is 13.5. The maximum Gasteiger partial charge on any atom is 0.0642 e. The molecule has 1 aromatic carbocycles. The van der Waals surface area contributed by atoms with Gasteiger partial charge in [-0.05, 0) is 30.5 Å². The van der Waals surface area contributed by atoms with Crippen molar-refractivity contribution < 1.29 is 4.74 Å². The molecule has 2 aliphatic rings. The Balaban J connectivity index is 0.00000176. The second-order valence-corrected chi connectivity index (χ2v) is 5.88. The molecule has 0 bridgehead atoms. The van der Waals surface area contributed by atoms with Crippen LogP contribution in [-0.4, -0.2) is 31.8 Å². The van der Waals surface area contributed by atoms with Gasteiger partial charge in [0.05, 0.1) is 13.2 Å². The third-order valence-corrected chi connectivity index (χ3v) is 4.19. The second-order valence-electron chi connectivity index (χ2n) is 5.88. The Morgan fingerprint density at radius 1 is 1.18 bits per heavy atom. The van der Waals surface area contributed by atoms with Crippen molar-refractivity contribution >= 4 is 18.1 Å². The number of nitrogens with zero attached hydrogens (tertiary/aromatic N) is 1. The van der Waals surface area contributed by atoms with Gasteiger partial charge in [0, 0.05) is 30.0 Å². The minimum absolute atomic E-state index is 0. The van der Waals surface area contributed by atoms with E-state index in [2.05, 4.69) is 29.2 Å². The van der Waals surface area contributed by atoms with Crippen molar-refractivity contribution in [2.45, 2.75) is 18.4 Å². The van der Waals surface area contributed by atoms with Crippen molar-refractivity contribution in [3.63, 3.8) is 0 Å². The quantitative estimate of drug-likeness (QED) is 0.893. The molecule has 5 heteroatoms. The van der Waals surface area contributed by atoms with Crippen molar-refractivity contribution in [3.8, 4) is 0 Å². The van der Waals surface area contributed by atoms with Crippen LogP contribution in [0.1, 0.15) is 12.0 Å². The first-order chi connectivity index (χ1) is 10.2. The highest BCUT2D eigenvalue weighted by molar-refractivity contribution is 5.85. The number of nitrogens with two attached hydrogens (primary N) is 2. The van der Waals surface area contributed by atoms with E-state index in [1.54, 1.807) is 0 Å². The summed E-state index contributed by atoms with van der Waals surface area (Å²) in [5.41, 5.74) is 15.3. The molecule has 1 fully saturated rings. The van der Waals surface area contributed by atoms with Gasteiger partial charge in [-0.3, -0.25) is 0 Å². The minimum atomic E-state index is -0.342. The van der Waals surface area contributed by atoms with Crippen molar-refractivity contribution in [2.24, 2.45) is 11.5 Å². The maximum absolute atomic E-state index is 6.52. The lowest BCUT2D eigenvalue weighted by molar-refractivity contribution is 0.122. The van der Waals surface area contributed by atoms with Gasteiger partial charge in [0.15, 0.2) is 0 Å². The molecular formula is C17H24ClN3O. The van der Waals surface area contributed by atoms with Gasteiger partial charge in [0.2, 0.25) is 0 Å². The highest BCUT2D eigenvalue weighted by Crippen LogP contribution is 2.28. The number of para-hydroxylation sites is 1. The summed E-state index contributed by atoms with van der Waals surface area (Å²) in [7, 11) is 0. The van der Waals surface area contributed by atoms with Gasteiger partial charge in [-0.15, -0.1) is 12.4 Å². The largest absolute Gasteiger partial charge is 0.399 e. The molecule has 1 aliphatic heterocycles. The van der Waals surface area contributed by atoms with Crippen LogP contribution in [0.4, 0.5) is 5.69 Å². The zero-order valence-electron chi connectivity index (χ0n) is 12.7. The molecule has 1 unspecified atom stereocenters. The summed E-state index contributed by atoms with van der Waals surface area (Å²) in [6.07, 6.45) is 7.57. The average molecular weight is 322 g/mol. The third-order valence-electron chi connectivity index (χ3n) is 4.19. The molecule has 120 valence electrons. The molecule has 1 atom stereocenters. The normalized spacial score (nSPS) is 24.6. The maximum atomic E-state index is 6.52. The van der Waals surface area contributed by atoms with Crippen LogP contribution in [0.3, 0.4) is 0 Å². The highest BCUT2D eigenvalue weighted by Gasteiger charge is 2.25. The molecule has 4 N–H and O–H groups in total. The van der Waals surface area contributed by atoms with E-state index in [1.807, 2.05) is 18.2 Å². The summed E-state index contributed by atoms with van der Waals surface area (Å²) < 4.78 is 5.44. The van der Waals surface area contributed by atoms with Crippen LogP contribution in [0.15, 0.2) is 48.2 Å². The van der Waals surface area contributed by atoms with Crippen LogP contribution in [0.5, 0.6) is 0 Å². The zero-order chi connectivity index (χ0) is 14.7. The number of anilines is 1. The van der Waals surface area contributed by atoms with E-state index < -0.39 is 0 Å². The number of benzene rings is 1. The Kier molecular flexibility index (Phi) is 5.51. The Labute approximate surface area is 138 Å². The summed E-state index contributed by atoms with van der Waals surface area (Å²) in [5, 5.41) is 0. The van der Waals surface area contributed by atoms with Crippen molar-refractivity contribution in [1.82, 2.24) is 0 Å². The van der Waals surface area contributed by atoms with E-state index >= 15 is 0 Å². The molecule has 0 radical (unpaired) electrons. The Morgan fingerprint density at radius 2 is 1.91 bits per heavy atom. The molecular weight excluding hydrogens is 298 g/mol. The van der Waals surface area contributed by atoms with Gasteiger partial charge >= 0.3 is 0 Å². The summed E-state index contributed by atoms with van der Waals surface area (Å²) in [4.78, 5) is 2.39. The lowest BCUT2D eigenvalue weighted by Gasteiger charge is -2.33. The lowest BCUT2D eigenvalue weighted by atomic mass is 9.84. The molecule has 1 aromatic rings. The molecule has 0 aromatic heterocycles. The first kappa shape index (κ1) is 16.9. The lowest BCUT2D eigenvalue weighted by Crippen LogP contribution is -2.42. The second kappa shape index (κ2) is 7.18. The third kappa shape index (κ3) is 3.83. The van der Waals surface area contributed by atoms with Crippen LogP contribution in [0.2, 0.25) is 0 Å². The van der Waals surface area contributed by atoms with E-state index in [1.165, 1.54) is 11.3 Å². The van der Waals surface area contributed by atoms with E-state index in [-0.39, 0.29) is 17.9 Å². The molecule has 1 saturated heterocycles. The minimum Gasteiger partial charge on any atom is -0.399 e. The van der Waals surface area contributed by atoms with E-state index in [9.17, 15) is 0 Å². The van der Waals surface area contributed by atoms with Crippen LogP contribution < -0.4 is 16.4 Å². The Hall–Kier alpha value is -1.49. The standard InChI is InChI=1S/C17H23N3O.ClH/c18-15-5-7-17(19,8-6-15)13-14-3-1-2-4-16(14)20-9-11-21-12-10-20;/h1-7H,8-13,18-19H2;1H. The van der Waals surface area contributed by atoms with E-state index in [0.717, 1.165) is 44.8 Å². The molecule has 22 heavy (non-hydrogen) atoms. The predicted octanol–water partition coefficient (Wildman–Crippen LogP) is 1.99. The van der Waals surface area contributed by atoms with Gasteiger partial charge in [-0.2, -0.15) is 0 Å². The van der Waals surface area contributed by atoms with Crippen LogP contribution in [-0.2, 0) is 11.2 Å². The van der Waals surface area contributed by atoms with Crippen LogP contribution in [0, 0.1) is 0 Å². The first-order valence-electron chi connectivity index (χ1n) is 7.51. The fourth-order valence-corrected chi connectivity index (χ4v) is 2.96. The van der Waals surface area contributed by atoms with Gasteiger partial charge in [-0.1, -0.05) is 30.4 Å². The molecule has 1 heterocycles. The fourth-order valence-electron chi connectivity index (χ4n) is 2.96. The number of hydrogen-bond acceptors (Lipinski definition) is 4.